The Morgan fingerprint density at radius 1 is 1.61 bits per heavy atom. The molecule has 0 aliphatic rings. The second-order valence-electron chi connectivity index (χ2n) is 4.00. The number of carboxylic acids is 1. The van der Waals surface area contributed by atoms with Crippen LogP contribution in [0.15, 0.2) is 18.2 Å². The lowest BCUT2D eigenvalue weighted by atomic mass is 10.1. The molecule has 1 aromatic rings. The van der Waals surface area contributed by atoms with E-state index in [1.54, 1.807) is 25.1 Å². The molecule has 0 bridgehead atoms. The second-order valence-corrected chi connectivity index (χ2v) is 4.00. The second kappa shape index (κ2) is 6.11. The van der Waals surface area contributed by atoms with Crippen molar-refractivity contribution in [3.63, 3.8) is 0 Å². The summed E-state index contributed by atoms with van der Waals surface area (Å²) in [5.74, 6) is -0.825. The van der Waals surface area contributed by atoms with Gasteiger partial charge in [0, 0.05) is 18.3 Å². The van der Waals surface area contributed by atoms with Crippen molar-refractivity contribution in [1.82, 2.24) is 0 Å². The van der Waals surface area contributed by atoms with Crippen molar-refractivity contribution < 1.29 is 14.6 Å². The maximum absolute atomic E-state index is 11.4. The van der Waals surface area contributed by atoms with Gasteiger partial charge in [-0.25, -0.2) is 0 Å². The predicted octanol–water partition coefficient (Wildman–Crippen LogP) is 1.76. The Morgan fingerprint density at radius 2 is 2.28 bits per heavy atom. The molecule has 0 saturated carbocycles. The van der Waals surface area contributed by atoms with Crippen molar-refractivity contribution in [2.75, 3.05) is 31.1 Å². The van der Waals surface area contributed by atoms with E-state index in [1.807, 2.05) is 0 Å². The van der Waals surface area contributed by atoms with Gasteiger partial charge >= 0.3 is 5.97 Å². The monoisotopic (exact) mass is 253 g/mol. The van der Waals surface area contributed by atoms with Crippen LogP contribution in [0.3, 0.4) is 0 Å². The molecule has 0 aliphatic carbocycles. The third-order valence-electron chi connectivity index (χ3n) is 2.56. The van der Waals surface area contributed by atoms with Gasteiger partial charge in [-0.05, 0) is 19.2 Å². The van der Waals surface area contributed by atoms with Gasteiger partial charge in [0.2, 0.25) is 0 Å². The fourth-order valence-electron chi connectivity index (χ4n) is 1.41. The van der Waals surface area contributed by atoms with Crippen LogP contribution in [-0.4, -0.2) is 31.8 Å². The maximum atomic E-state index is 11.4. The van der Waals surface area contributed by atoms with Gasteiger partial charge in [0.05, 0.1) is 18.7 Å². The van der Waals surface area contributed by atoms with Crippen LogP contribution in [0, 0.1) is 11.1 Å². The summed E-state index contributed by atoms with van der Waals surface area (Å²) < 4.78 is 5.07. The first-order chi connectivity index (χ1) is 8.45. The fraction of sp³-hybridized carbons (Fsp3) is 0.417. The molecule has 0 heterocycles. The minimum atomic E-state index is -0.887. The molecule has 18 heavy (non-hydrogen) atoms. The zero-order valence-electron chi connectivity index (χ0n) is 10.6. The first kappa shape index (κ1) is 14.1. The summed E-state index contributed by atoms with van der Waals surface area (Å²) in [6.07, 6.45) is 0. The van der Waals surface area contributed by atoms with Gasteiger partial charge in [0.1, 0.15) is 5.75 Å². The van der Waals surface area contributed by atoms with Gasteiger partial charge < -0.3 is 25.4 Å². The highest BCUT2D eigenvalue weighted by molar-refractivity contribution is 5.74. The average Bonchev–Trinajstić information content (AvgIpc) is 2.34. The number of hydrogen-bond acceptors (Lipinski definition) is 5. The number of rotatable bonds is 6. The molecule has 0 saturated heterocycles. The van der Waals surface area contributed by atoms with E-state index < -0.39 is 11.9 Å². The van der Waals surface area contributed by atoms with E-state index in [2.05, 4.69) is 5.32 Å². The van der Waals surface area contributed by atoms with E-state index in [9.17, 15) is 10.0 Å². The number of hydrogen-bond donors (Lipinski definition) is 2. The van der Waals surface area contributed by atoms with Gasteiger partial charge in [0.25, 0.3) is 0 Å². The van der Waals surface area contributed by atoms with Crippen molar-refractivity contribution >= 4 is 17.3 Å². The Labute approximate surface area is 106 Å². The van der Waals surface area contributed by atoms with Crippen molar-refractivity contribution in [2.24, 2.45) is 5.92 Å². The van der Waals surface area contributed by atoms with Crippen LogP contribution in [0.4, 0.5) is 11.4 Å². The van der Waals surface area contributed by atoms with E-state index >= 15 is 0 Å². The number of hydroxylamine groups is 1. The molecule has 6 nitrogen and oxygen atoms in total. The van der Waals surface area contributed by atoms with Crippen LogP contribution < -0.4 is 15.1 Å². The van der Waals surface area contributed by atoms with Gasteiger partial charge in [-0.15, -0.1) is 0 Å². The molecule has 0 fully saturated rings. The van der Waals surface area contributed by atoms with Crippen LogP contribution in [0.25, 0.3) is 0 Å². The summed E-state index contributed by atoms with van der Waals surface area (Å²) >= 11 is 0. The van der Waals surface area contributed by atoms with Gasteiger partial charge in [-0.1, -0.05) is 6.92 Å². The van der Waals surface area contributed by atoms with Crippen molar-refractivity contribution in [3.8, 4) is 5.75 Å². The van der Waals surface area contributed by atoms with Gasteiger partial charge in [-0.3, -0.25) is 4.79 Å². The summed E-state index contributed by atoms with van der Waals surface area (Å²) in [5, 5.41) is 23.8. The highest BCUT2D eigenvalue weighted by atomic mass is 16.5. The number of carboxylic acid groups (broad SMARTS) is 1. The van der Waals surface area contributed by atoms with Crippen LogP contribution in [-0.2, 0) is 4.79 Å². The third kappa shape index (κ3) is 3.53. The molecule has 1 aromatic carbocycles. The molecule has 0 amide bonds. The normalized spacial score (nSPS) is 11.8. The minimum Gasteiger partial charge on any atom is -0.758 e. The number of nitrogens with one attached hydrogen (secondary N) is 1. The number of ether oxygens (including phenoxy) is 1. The highest BCUT2D eigenvalue weighted by Crippen LogP contribution is 2.29. The number of benzene rings is 1. The van der Waals surface area contributed by atoms with E-state index in [-0.39, 0.29) is 6.54 Å². The zero-order chi connectivity index (χ0) is 13.7. The molecule has 2 N–H and O–H groups in total. The SMILES string of the molecule is COc1ccc(N(C)[O-])c(NCC(C)C(=O)O)c1. The molecular formula is C12H17N2O4-. The van der Waals surface area contributed by atoms with Gasteiger partial charge in [0.15, 0.2) is 0 Å². The summed E-state index contributed by atoms with van der Waals surface area (Å²) in [7, 11) is 2.91. The first-order valence-electron chi connectivity index (χ1n) is 5.51. The number of nitrogens with zero attached hydrogens (tertiary/aromatic N) is 1. The Bertz CT molecular complexity index is 421. The van der Waals surface area contributed by atoms with Crippen LogP contribution >= 0.6 is 0 Å². The number of anilines is 2. The molecule has 0 aromatic heterocycles. The minimum absolute atomic E-state index is 0.239. The van der Waals surface area contributed by atoms with Crippen molar-refractivity contribution in [2.45, 2.75) is 6.92 Å². The van der Waals surface area contributed by atoms with Crippen LogP contribution in [0.1, 0.15) is 6.92 Å². The van der Waals surface area contributed by atoms with E-state index in [4.69, 9.17) is 9.84 Å². The summed E-state index contributed by atoms with van der Waals surface area (Å²) in [4.78, 5) is 10.7. The quantitative estimate of drug-likeness (QED) is 0.751. The Hall–Kier alpha value is -1.95. The van der Waals surface area contributed by atoms with E-state index in [0.29, 0.717) is 22.2 Å². The predicted molar refractivity (Wildman–Crippen MR) is 70.1 cm³/mol. The Kier molecular flexibility index (Phi) is 4.79. The Balaban J connectivity index is 2.87. The van der Waals surface area contributed by atoms with Gasteiger partial charge in [-0.2, -0.15) is 0 Å². The molecule has 0 spiro atoms. The summed E-state index contributed by atoms with van der Waals surface area (Å²) in [6, 6.07) is 4.97. The molecule has 100 valence electrons. The first-order valence-corrected chi connectivity index (χ1v) is 5.51. The lowest BCUT2D eigenvalue weighted by Crippen LogP contribution is -2.20. The highest BCUT2D eigenvalue weighted by Gasteiger charge is 2.12. The van der Waals surface area contributed by atoms with Crippen LogP contribution in [0.2, 0.25) is 0 Å². The smallest absolute Gasteiger partial charge is 0.308 e. The molecule has 0 aliphatic heterocycles. The molecular weight excluding hydrogens is 236 g/mol. The number of aliphatic carboxylic acids is 1. The third-order valence-corrected chi connectivity index (χ3v) is 2.56. The Morgan fingerprint density at radius 3 is 2.78 bits per heavy atom. The molecule has 1 atom stereocenters. The molecule has 6 heteroatoms. The number of methoxy groups -OCH3 is 1. The average molecular weight is 253 g/mol. The fourth-order valence-corrected chi connectivity index (χ4v) is 1.41. The molecule has 1 unspecified atom stereocenters. The van der Waals surface area contributed by atoms with Crippen molar-refractivity contribution in [3.05, 3.63) is 23.4 Å². The lowest BCUT2D eigenvalue weighted by molar-refractivity contribution is -0.140. The van der Waals surface area contributed by atoms with Crippen molar-refractivity contribution in [1.29, 1.82) is 0 Å². The summed E-state index contributed by atoms with van der Waals surface area (Å²) in [6.45, 7) is 1.83. The number of carbonyl (C=O) groups is 1. The van der Waals surface area contributed by atoms with E-state index in [1.165, 1.54) is 14.2 Å². The standard InChI is InChI=1S/C12H17N2O4/c1-8(12(15)16)7-13-10-6-9(18-3)4-5-11(10)14(2)17/h4-6,8,13H,7H2,1-3H3,(H,15,16)/q-1. The largest absolute Gasteiger partial charge is 0.758 e. The van der Waals surface area contributed by atoms with Crippen LogP contribution in [0.5, 0.6) is 5.75 Å². The zero-order valence-corrected chi connectivity index (χ0v) is 10.6. The molecule has 1 rings (SSSR count). The maximum Gasteiger partial charge on any atom is 0.308 e. The van der Waals surface area contributed by atoms with E-state index in [0.717, 1.165) is 0 Å². The summed E-state index contributed by atoms with van der Waals surface area (Å²) in [5.41, 5.74) is 0.994. The topological polar surface area (TPSA) is 84.9 Å². The lowest BCUT2D eigenvalue weighted by Gasteiger charge is -2.28. The molecule has 0 radical (unpaired) electrons.